The van der Waals surface area contributed by atoms with Gasteiger partial charge >= 0.3 is 0 Å². The summed E-state index contributed by atoms with van der Waals surface area (Å²) < 4.78 is 2.29. The molecule has 0 aromatic heterocycles. The van der Waals surface area contributed by atoms with Crippen LogP contribution in [0.25, 0.3) is 5.57 Å². The molecule has 0 heterocycles. The Morgan fingerprint density at radius 3 is 2.85 bits per heavy atom. The fourth-order valence-corrected chi connectivity index (χ4v) is 1.76. The molecule has 1 nitrogen and oxygen atoms in total. The predicted octanol–water partition coefficient (Wildman–Crippen LogP) is 3.45. The van der Waals surface area contributed by atoms with Crippen molar-refractivity contribution in [2.75, 3.05) is 6.61 Å². The Bertz CT molecular complexity index is 334. The van der Waals surface area contributed by atoms with Crippen LogP contribution in [-0.4, -0.2) is 11.7 Å². The van der Waals surface area contributed by atoms with Gasteiger partial charge in [0.25, 0.3) is 0 Å². The first kappa shape index (κ1) is 11.2. The lowest BCUT2D eigenvalue weighted by Gasteiger charge is -2.03. The van der Waals surface area contributed by atoms with Crippen LogP contribution in [0.3, 0.4) is 0 Å². The van der Waals surface area contributed by atoms with Crippen molar-refractivity contribution >= 4 is 44.1 Å². The van der Waals surface area contributed by atoms with Crippen molar-refractivity contribution in [1.82, 2.24) is 0 Å². The molecule has 0 aliphatic carbocycles. The molecule has 0 saturated heterocycles. The fraction of sp³-hybridized carbons (Fsp3) is 0.200. The molecule has 0 saturated carbocycles. The van der Waals surface area contributed by atoms with Crippen molar-refractivity contribution in [3.05, 3.63) is 37.9 Å². The van der Waals surface area contributed by atoms with Crippen molar-refractivity contribution < 1.29 is 5.11 Å². The highest BCUT2D eigenvalue weighted by Crippen LogP contribution is 2.23. The van der Waals surface area contributed by atoms with E-state index in [0.29, 0.717) is 0 Å². The number of allylic oxidation sites excluding steroid dienone is 1. The molecular formula is C10H10BrIO. The SMILES string of the molecule is C/C(=C\CO)c1ccc(Br)c(I)c1. The van der Waals surface area contributed by atoms with Gasteiger partial charge in [0.2, 0.25) is 0 Å². The summed E-state index contributed by atoms with van der Waals surface area (Å²) in [5.74, 6) is 0. The van der Waals surface area contributed by atoms with E-state index in [9.17, 15) is 0 Å². The zero-order chi connectivity index (χ0) is 9.84. The average Bonchev–Trinajstić information content (AvgIpc) is 2.10. The van der Waals surface area contributed by atoms with Crippen molar-refractivity contribution in [3.8, 4) is 0 Å². The van der Waals surface area contributed by atoms with Crippen molar-refractivity contribution in [2.24, 2.45) is 0 Å². The molecule has 70 valence electrons. The van der Waals surface area contributed by atoms with Gasteiger partial charge < -0.3 is 5.11 Å². The van der Waals surface area contributed by atoms with Crippen molar-refractivity contribution in [3.63, 3.8) is 0 Å². The molecule has 0 bridgehead atoms. The molecule has 0 fully saturated rings. The quantitative estimate of drug-likeness (QED) is 0.808. The summed E-state index contributed by atoms with van der Waals surface area (Å²) in [6, 6.07) is 6.14. The molecule has 1 N–H and O–H groups in total. The topological polar surface area (TPSA) is 20.2 Å². The minimum absolute atomic E-state index is 0.0957. The van der Waals surface area contributed by atoms with Crippen LogP contribution in [0.1, 0.15) is 12.5 Å². The molecule has 0 aliphatic heterocycles. The summed E-state index contributed by atoms with van der Waals surface area (Å²) in [6.07, 6.45) is 1.80. The van der Waals surface area contributed by atoms with Crippen molar-refractivity contribution in [1.29, 1.82) is 0 Å². The van der Waals surface area contributed by atoms with Gasteiger partial charge in [0.1, 0.15) is 0 Å². The second kappa shape index (κ2) is 5.12. The molecule has 1 aromatic carbocycles. The Balaban J connectivity index is 3.04. The van der Waals surface area contributed by atoms with Gasteiger partial charge in [-0.25, -0.2) is 0 Å². The number of hydrogen-bond acceptors (Lipinski definition) is 1. The van der Waals surface area contributed by atoms with Crippen LogP contribution >= 0.6 is 38.5 Å². The summed E-state index contributed by atoms with van der Waals surface area (Å²) in [6.45, 7) is 2.09. The Morgan fingerprint density at radius 2 is 2.31 bits per heavy atom. The highest BCUT2D eigenvalue weighted by Gasteiger charge is 1.99. The van der Waals surface area contributed by atoms with Crippen LogP contribution in [-0.2, 0) is 0 Å². The lowest BCUT2D eigenvalue weighted by Crippen LogP contribution is -1.84. The normalized spacial score (nSPS) is 11.8. The first-order chi connectivity index (χ1) is 6.15. The van der Waals surface area contributed by atoms with Crippen LogP contribution in [0.4, 0.5) is 0 Å². The number of halogens is 2. The Labute approximate surface area is 100 Å². The second-order valence-electron chi connectivity index (χ2n) is 2.70. The molecular weight excluding hydrogens is 343 g/mol. The van der Waals surface area contributed by atoms with Gasteiger partial charge in [-0.2, -0.15) is 0 Å². The molecule has 1 rings (SSSR count). The van der Waals surface area contributed by atoms with E-state index in [1.54, 1.807) is 6.08 Å². The average molecular weight is 353 g/mol. The van der Waals surface area contributed by atoms with E-state index < -0.39 is 0 Å². The zero-order valence-corrected chi connectivity index (χ0v) is 11.0. The van der Waals surface area contributed by atoms with E-state index in [1.807, 2.05) is 19.1 Å². The van der Waals surface area contributed by atoms with E-state index in [0.717, 1.165) is 15.6 Å². The standard InChI is InChI=1S/C10H10BrIO/c1-7(4-5-13)8-2-3-9(11)10(12)6-8/h2-4,6,13H,5H2,1H3/b7-4+. The second-order valence-corrected chi connectivity index (χ2v) is 4.72. The third-order valence-electron chi connectivity index (χ3n) is 1.77. The maximum Gasteiger partial charge on any atom is 0.0618 e. The number of aliphatic hydroxyl groups is 1. The minimum Gasteiger partial charge on any atom is -0.392 e. The largest absolute Gasteiger partial charge is 0.392 e. The van der Waals surface area contributed by atoms with E-state index in [2.05, 4.69) is 44.6 Å². The molecule has 13 heavy (non-hydrogen) atoms. The minimum atomic E-state index is 0.0957. The number of aliphatic hydroxyl groups excluding tert-OH is 1. The first-order valence-electron chi connectivity index (χ1n) is 3.88. The van der Waals surface area contributed by atoms with E-state index in [4.69, 9.17) is 5.11 Å². The van der Waals surface area contributed by atoms with Crippen molar-refractivity contribution in [2.45, 2.75) is 6.92 Å². The molecule has 0 aliphatic rings. The maximum absolute atomic E-state index is 8.73. The number of rotatable bonds is 2. The number of hydrogen-bond donors (Lipinski definition) is 1. The molecule has 0 unspecified atom stereocenters. The Morgan fingerprint density at radius 1 is 1.62 bits per heavy atom. The van der Waals surface area contributed by atoms with Crippen LogP contribution in [0.15, 0.2) is 28.7 Å². The number of benzene rings is 1. The van der Waals surface area contributed by atoms with Crippen LogP contribution < -0.4 is 0 Å². The van der Waals surface area contributed by atoms with Gasteiger partial charge in [-0.1, -0.05) is 12.1 Å². The first-order valence-corrected chi connectivity index (χ1v) is 5.75. The fourth-order valence-electron chi connectivity index (χ4n) is 0.996. The molecule has 0 spiro atoms. The predicted molar refractivity (Wildman–Crippen MR) is 67.6 cm³/mol. The van der Waals surface area contributed by atoms with Crippen LogP contribution in [0.5, 0.6) is 0 Å². The van der Waals surface area contributed by atoms with Gasteiger partial charge in [-0.15, -0.1) is 0 Å². The lowest BCUT2D eigenvalue weighted by atomic mass is 10.1. The molecule has 0 radical (unpaired) electrons. The van der Waals surface area contributed by atoms with Gasteiger partial charge in [0.15, 0.2) is 0 Å². The van der Waals surface area contributed by atoms with Gasteiger partial charge in [-0.05, 0) is 68.7 Å². The van der Waals surface area contributed by atoms with Gasteiger partial charge in [-0.3, -0.25) is 0 Å². The van der Waals surface area contributed by atoms with Crippen LogP contribution in [0, 0.1) is 3.57 Å². The maximum atomic E-state index is 8.73. The third kappa shape index (κ3) is 3.07. The molecule has 0 amide bonds. The highest BCUT2D eigenvalue weighted by molar-refractivity contribution is 14.1. The smallest absolute Gasteiger partial charge is 0.0618 e. The Hall–Kier alpha value is 0.130. The summed E-state index contributed by atoms with van der Waals surface area (Å²) in [4.78, 5) is 0. The zero-order valence-electron chi connectivity index (χ0n) is 7.22. The van der Waals surface area contributed by atoms with E-state index in [-0.39, 0.29) is 6.61 Å². The molecule has 1 aromatic rings. The summed E-state index contributed by atoms with van der Waals surface area (Å²) >= 11 is 5.72. The molecule has 0 atom stereocenters. The van der Waals surface area contributed by atoms with E-state index >= 15 is 0 Å². The Kier molecular flexibility index (Phi) is 4.41. The van der Waals surface area contributed by atoms with Crippen LogP contribution in [0.2, 0.25) is 0 Å². The van der Waals surface area contributed by atoms with E-state index in [1.165, 1.54) is 3.57 Å². The van der Waals surface area contributed by atoms with Gasteiger partial charge in [0.05, 0.1) is 6.61 Å². The summed E-state index contributed by atoms with van der Waals surface area (Å²) in [5, 5.41) is 8.73. The third-order valence-corrected chi connectivity index (χ3v) is 4.10. The highest BCUT2D eigenvalue weighted by atomic mass is 127. The van der Waals surface area contributed by atoms with Gasteiger partial charge in [0, 0.05) is 8.04 Å². The summed E-state index contributed by atoms with van der Waals surface area (Å²) in [5.41, 5.74) is 2.26. The monoisotopic (exact) mass is 352 g/mol. The molecule has 3 heteroatoms. The lowest BCUT2D eigenvalue weighted by molar-refractivity contribution is 0.343. The summed E-state index contributed by atoms with van der Waals surface area (Å²) in [7, 11) is 0.